The third kappa shape index (κ3) is 17.1. The van der Waals surface area contributed by atoms with Crippen molar-refractivity contribution in [2.24, 2.45) is 11.8 Å². The van der Waals surface area contributed by atoms with E-state index in [4.69, 9.17) is 27.4 Å². The number of nitrogens with zero attached hydrogens (tertiary/aromatic N) is 2. The number of hydrogen-bond acceptors (Lipinski definition) is 15. The Labute approximate surface area is 420 Å². The van der Waals surface area contributed by atoms with E-state index in [9.17, 15) is 43.7 Å². The summed E-state index contributed by atoms with van der Waals surface area (Å²) in [7, 11) is -2.90. The lowest BCUT2D eigenvalue weighted by Crippen LogP contribution is -2.47. The fourth-order valence-electron chi connectivity index (χ4n) is 8.01. The molecule has 0 spiro atoms. The molecule has 2 aromatic carbocycles. The van der Waals surface area contributed by atoms with E-state index in [1.54, 1.807) is 52.0 Å². The first-order valence-electron chi connectivity index (χ1n) is 24.3. The number of carbonyl (C=O) groups excluding carboxylic acids is 6. The molecule has 0 aliphatic carbocycles. The first kappa shape index (κ1) is 57.6. The normalized spacial score (nSPS) is 12.6. The molecular weight excluding hydrogens is 956 g/mol. The third-order valence-corrected chi connectivity index (χ3v) is 12.3. The zero-order chi connectivity index (χ0) is 52.6. The molecule has 4 rings (SSSR count). The van der Waals surface area contributed by atoms with E-state index in [0.717, 1.165) is 25.7 Å². The molecule has 0 aliphatic heterocycles. The lowest BCUT2D eigenvalue weighted by atomic mass is 9.90. The van der Waals surface area contributed by atoms with Crippen molar-refractivity contribution in [1.29, 1.82) is 0 Å². The van der Waals surface area contributed by atoms with Gasteiger partial charge in [-0.2, -0.15) is 0 Å². The van der Waals surface area contributed by atoms with Crippen molar-refractivity contribution in [2.75, 3.05) is 26.6 Å². The second kappa shape index (κ2) is 30.0. The highest BCUT2D eigenvalue weighted by Gasteiger charge is 2.33. The summed E-state index contributed by atoms with van der Waals surface area (Å²) < 4.78 is 48.2. The Hall–Kier alpha value is -6.96. The summed E-state index contributed by atoms with van der Waals surface area (Å²) in [6.45, 7) is 11.2. The SMILES string of the molecule is CCCCC[C@@H](C(=O)NCNC(=O)c1ccc(-c2cc(OCC)cc(O[P+](=O)Oc3cc(OCC)cc(-c4ccc(C(=O)NCNC(=O)[C@H](CCCCC)[C@@H](CC)N(O)C=O)o4)c3)c2)o1)[C@@H](CC)N(O)C=O. The van der Waals surface area contributed by atoms with Crippen LogP contribution in [0.1, 0.15) is 127 Å². The molecule has 0 aliphatic rings. The molecule has 0 bridgehead atoms. The largest absolute Gasteiger partial charge is 0.805 e. The van der Waals surface area contributed by atoms with Gasteiger partial charge in [0.1, 0.15) is 23.0 Å². The summed E-state index contributed by atoms with van der Waals surface area (Å²) in [5.41, 5.74) is 0.807. The van der Waals surface area contributed by atoms with Crippen LogP contribution >= 0.6 is 8.25 Å². The van der Waals surface area contributed by atoms with Crippen LogP contribution in [0.5, 0.6) is 23.0 Å². The van der Waals surface area contributed by atoms with Gasteiger partial charge in [0.25, 0.3) is 11.8 Å². The fraction of sp³-hybridized carbons (Fsp3) is 0.480. The minimum atomic E-state index is -2.90. The van der Waals surface area contributed by atoms with Crippen LogP contribution in [0.3, 0.4) is 0 Å². The molecule has 6 N–H and O–H groups in total. The number of rotatable bonds is 34. The van der Waals surface area contributed by atoms with E-state index >= 15 is 0 Å². The van der Waals surface area contributed by atoms with E-state index in [-0.39, 0.29) is 73.9 Å². The first-order chi connectivity index (χ1) is 34.7. The maximum absolute atomic E-state index is 13.5. The Bertz CT molecular complexity index is 2250. The monoisotopic (exact) mass is 1020 g/mol. The molecule has 0 fully saturated rings. The minimum absolute atomic E-state index is 0.0738. The Morgan fingerprint density at radius 1 is 0.583 bits per heavy atom. The van der Waals surface area contributed by atoms with E-state index in [2.05, 4.69) is 21.3 Å². The standard InChI is InChI=1S/C50H67N6O15P/c1-7-13-15-17-39(41(9-3)55(63)31-57)47(59)51-29-53-49(61)45-21-19-43(68-45)33-23-35(66-11-5)27-37(25-33)70-72(65)71-38-26-34(24-36(28-38)67-12-6)44-20-22-46(69-44)50(62)54-30-52-48(60)40(18-16-14-8-2)42(10-4)56(64)32-58/h19-28,31-32,39-42,63-64H,7-18,29-30H2,1-6H3,(H3-,51,52,53,54,59,60,61,62)/p+1/t39-,40-,41-,42-/m1/s1. The van der Waals surface area contributed by atoms with Crippen molar-refractivity contribution in [3.8, 4) is 45.6 Å². The van der Waals surface area contributed by atoms with Crippen molar-refractivity contribution in [2.45, 2.75) is 118 Å². The van der Waals surface area contributed by atoms with Gasteiger partial charge in [0.15, 0.2) is 23.0 Å². The van der Waals surface area contributed by atoms with Gasteiger partial charge in [-0.3, -0.25) is 39.2 Å². The molecule has 4 aromatic rings. The number of ether oxygens (including phenoxy) is 2. The minimum Gasteiger partial charge on any atom is -0.494 e. The number of hydroxylamine groups is 4. The molecule has 72 heavy (non-hydrogen) atoms. The van der Waals surface area contributed by atoms with Crippen molar-refractivity contribution in [3.63, 3.8) is 0 Å². The van der Waals surface area contributed by atoms with Crippen LogP contribution in [-0.4, -0.2) is 95.6 Å². The van der Waals surface area contributed by atoms with E-state index in [0.29, 0.717) is 71.3 Å². The van der Waals surface area contributed by atoms with E-state index in [1.807, 2.05) is 13.8 Å². The van der Waals surface area contributed by atoms with Gasteiger partial charge < -0.3 is 39.6 Å². The van der Waals surface area contributed by atoms with Crippen LogP contribution in [-0.2, 0) is 23.7 Å². The smallest absolute Gasteiger partial charge is 0.494 e. The Morgan fingerprint density at radius 3 is 1.32 bits per heavy atom. The van der Waals surface area contributed by atoms with Gasteiger partial charge in [-0.25, -0.2) is 19.2 Å². The van der Waals surface area contributed by atoms with Gasteiger partial charge in [-0.05, 0) is 88.1 Å². The van der Waals surface area contributed by atoms with Crippen molar-refractivity contribution < 1.29 is 71.1 Å². The predicted octanol–water partition coefficient (Wildman–Crippen LogP) is 8.37. The van der Waals surface area contributed by atoms with Gasteiger partial charge in [0.05, 0.1) is 50.5 Å². The molecule has 0 saturated carbocycles. The summed E-state index contributed by atoms with van der Waals surface area (Å²) in [5.74, 6) is -2.40. The van der Waals surface area contributed by atoms with Gasteiger partial charge in [0.2, 0.25) is 24.6 Å². The van der Waals surface area contributed by atoms with Crippen LogP contribution in [0, 0.1) is 11.8 Å². The van der Waals surface area contributed by atoms with E-state index < -0.39 is 55.8 Å². The van der Waals surface area contributed by atoms with Crippen LogP contribution in [0.2, 0.25) is 0 Å². The molecule has 6 amide bonds. The number of amides is 6. The number of benzene rings is 2. The number of hydrogen-bond donors (Lipinski definition) is 6. The zero-order valence-corrected chi connectivity index (χ0v) is 42.6. The predicted molar refractivity (Wildman–Crippen MR) is 263 cm³/mol. The molecule has 0 saturated heterocycles. The average molecular weight is 1020 g/mol. The lowest BCUT2D eigenvalue weighted by molar-refractivity contribution is -0.169. The van der Waals surface area contributed by atoms with Crippen LogP contribution in [0.4, 0.5) is 0 Å². The maximum Gasteiger partial charge on any atom is 0.805 e. The maximum atomic E-state index is 13.5. The second-order valence-electron chi connectivity index (χ2n) is 16.6. The number of unbranched alkanes of at least 4 members (excludes halogenated alkanes) is 4. The lowest BCUT2D eigenvalue weighted by Gasteiger charge is -2.29. The fourth-order valence-corrected chi connectivity index (χ4v) is 8.60. The van der Waals surface area contributed by atoms with Gasteiger partial charge in [-0.15, -0.1) is 0 Å². The molecule has 392 valence electrons. The highest BCUT2D eigenvalue weighted by molar-refractivity contribution is 7.34. The molecule has 0 unspecified atom stereocenters. The molecule has 21 nitrogen and oxygen atoms in total. The topological polar surface area (TPSA) is 278 Å². The number of nitrogens with one attached hydrogen (secondary N) is 4. The molecule has 0 radical (unpaired) electrons. The summed E-state index contributed by atoms with van der Waals surface area (Å²) in [6.07, 6.45) is 7.13. The van der Waals surface area contributed by atoms with Gasteiger partial charge in [0, 0.05) is 27.8 Å². The Balaban J connectivity index is 1.42. The Morgan fingerprint density at radius 2 is 0.972 bits per heavy atom. The second-order valence-corrected chi connectivity index (χ2v) is 17.4. The summed E-state index contributed by atoms with van der Waals surface area (Å²) >= 11 is 0. The van der Waals surface area contributed by atoms with Crippen molar-refractivity contribution in [3.05, 3.63) is 72.2 Å². The molecule has 2 heterocycles. The van der Waals surface area contributed by atoms with Gasteiger partial charge in [-0.1, -0.05) is 66.2 Å². The summed E-state index contributed by atoms with van der Waals surface area (Å²) in [4.78, 5) is 75.2. The van der Waals surface area contributed by atoms with Crippen molar-refractivity contribution >= 4 is 44.7 Å². The first-order valence-corrected chi connectivity index (χ1v) is 25.4. The molecule has 22 heteroatoms. The third-order valence-electron chi connectivity index (χ3n) is 11.6. The van der Waals surface area contributed by atoms with Crippen LogP contribution < -0.4 is 39.8 Å². The number of furan rings is 2. The Kier molecular flexibility index (Phi) is 24.0. The zero-order valence-electron chi connectivity index (χ0n) is 41.7. The quantitative estimate of drug-likeness (QED) is 0.00640. The summed E-state index contributed by atoms with van der Waals surface area (Å²) in [6, 6.07) is 13.8. The van der Waals surface area contributed by atoms with E-state index in [1.165, 1.54) is 36.4 Å². The summed E-state index contributed by atoms with van der Waals surface area (Å²) in [5, 5.41) is 31.8. The molecular formula is C50H68N6O15P+. The average Bonchev–Trinajstić information content (AvgIpc) is 4.08. The highest BCUT2D eigenvalue weighted by Crippen LogP contribution is 2.39. The van der Waals surface area contributed by atoms with Crippen LogP contribution in [0.25, 0.3) is 22.6 Å². The molecule has 4 atom stereocenters. The number of carbonyl (C=O) groups is 6. The van der Waals surface area contributed by atoms with Gasteiger partial charge >= 0.3 is 8.25 Å². The highest BCUT2D eigenvalue weighted by atomic mass is 31.1. The molecule has 2 aromatic heterocycles. The van der Waals surface area contributed by atoms with Crippen molar-refractivity contribution in [1.82, 2.24) is 31.4 Å². The van der Waals surface area contributed by atoms with Crippen LogP contribution in [0.15, 0.2) is 69.5 Å².